The van der Waals surface area contributed by atoms with Crippen LogP contribution < -0.4 is 15.4 Å². The van der Waals surface area contributed by atoms with E-state index in [0.717, 1.165) is 19.3 Å². The zero-order valence-corrected chi connectivity index (χ0v) is 20.8. The Morgan fingerprint density at radius 3 is 2.86 bits per heavy atom. The minimum Gasteiger partial charge on any atom is -0.487 e. The molecular weight excluding hydrogens is 485 g/mol. The standard InChI is InChI=1S/C26H29ClFN5O3/c1-2-17(13-18(16-29)26(34)31-5-7-33-8-11-35-12-9-33)20-15-23(21-14-19(27)3-4-22(21)28)32-25-24(20)36-10-6-30-25/h2-4,13-16,29H,5-12H2,1H3,(H,30,32)(H,31,34)/b17-2+,18-13+,29-16?. The van der Waals surface area contributed by atoms with Gasteiger partial charge in [0.05, 0.1) is 31.0 Å². The number of allylic oxidation sites excluding steroid dienone is 3. The monoisotopic (exact) mass is 513 g/mol. The van der Waals surface area contributed by atoms with Gasteiger partial charge in [-0.3, -0.25) is 9.69 Å². The van der Waals surface area contributed by atoms with E-state index < -0.39 is 5.82 Å². The fourth-order valence-corrected chi connectivity index (χ4v) is 4.25. The molecule has 0 bridgehead atoms. The molecule has 0 radical (unpaired) electrons. The number of pyridine rings is 1. The first-order valence-electron chi connectivity index (χ1n) is 11.8. The maximum absolute atomic E-state index is 14.7. The summed E-state index contributed by atoms with van der Waals surface area (Å²) in [6.07, 6.45) is 4.47. The number of carbonyl (C=O) groups is 1. The number of anilines is 1. The molecule has 3 N–H and O–H groups in total. The quantitative estimate of drug-likeness (QED) is 0.282. The van der Waals surface area contributed by atoms with Crippen molar-refractivity contribution in [3.8, 4) is 17.0 Å². The Hall–Kier alpha value is -3.27. The lowest BCUT2D eigenvalue weighted by molar-refractivity contribution is -0.117. The summed E-state index contributed by atoms with van der Waals surface area (Å²) < 4.78 is 25.9. The van der Waals surface area contributed by atoms with Crippen LogP contribution in [0, 0.1) is 11.2 Å². The summed E-state index contributed by atoms with van der Waals surface area (Å²) >= 11 is 6.12. The zero-order chi connectivity index (χ0) is 25.5. The van der Waals surface area contributed by atoms with Crippen LogP contribution in [0.25, 0.3) is 16.8 Å². The molecule has 1 amide bonds. The van der Waals surface area contributed by atoms with Crippen molar-refractivity contribution in [3.05, 3.63) is 58.4 Å². The molecule has 1 aromatic carbocycles. The maximum Gasteiger partial charge on any atom is 0.252 e. The minimum atomic E-state index is -0.452. The first-order chi connectivity index (χ1) is 17.5. The number of ether oxygens (including phenoxy) is 2. The lowest BCUT2D eigenvalue weighted by atomic mass is 9.99. The normalized spacial score (nSPS) is 16.5. The summed E-state index contributed by atoms with van der Waals surface area (Å²) in [5, 5.41) is 14.3. The third kappa shape index (κ3) is 6.10. The molecule has 0 spiro atoms. The molecule has 1 fully saturated rings. The summed E-state index contributed by atoms with van der Waals surface area (Å²) in [5.41, 5.74) is 2.09. The fraction of sp³-hybridized carbons (Fsp3) is 0.346. The Bertz CT molecular complexity index is 1190. The number of aromatic nitrogens is 1. The predicted molar refractivity (Wildman–Crippen MR) is 139 cm³/mol. The average molecular weight is 514 g/mol. The summed E-state index contributed by atoms with van der Waals surface area (Å²) in [4.78, 5) is 19.6. The molecule has 4 rings (SSSR count). The Morgan fingerprint density at radius 2 is 2.11 bits per heavy atom. The van der Waals surface area contributed by atoms with E-state index in [1.54, 1.807) is 12.1 Å². The lowest BCUT2D eigenvalue weighted by Gasteiger charge is -2.26. The van der Waals surface area contributed by atoms with Gasteiger partial charge in [-0.05, 0) is 42.8 Å². The van der Waals surface area contributed by atoms with Crippen LogP contribution in [0.4, 0.5) is 10.2 Å². The van der Waals surface area contributed by atoms with Crippen molar-refractivity contribution in [1.29, 1.82) is 5.41 Å². The molecule has 2 aliphatic rings. The van der Waals surface area contributed by atoms with Crippen LogP contribution in [0.5, 0.6) is 5.75 Å². The second-order valence-electron chi connectivity index (χ2n) is 8.33. The zero-order valence-electron chi connectivity index (χ0n) is 20.1. The Kier molecular flexibility index (Phi) is 8.69. The highest BCUT2D eigenvalue weighted by molar-refractivity contribution is 6.30. The second-order valence-corrected chi connectivity index (χ2v) is 8.77. The van der Waals surface area contributed by atoms with E-state index >= 15 is 0 Å². The average Bonchev–Trinajstić information content (AvgIpc) is 2.91. The van der Waals surface area contributed by atoms with E-state index in [2.05, 4.69) is 20.5 Å². The summed E-state index contributed by atoms with van der Waals surface area (Å²) in [5.74, 6) is 0.189. The van der Waals surface area contributed by atoms with Gasteiger partial charge in [-0.1, -0.05) is 17.7 Å². The van der Waals surface area contributed by atoms with Gasteiger partial charge in [0.1, 0.15) is 12.4 Å². The van der Waals surface area contributed by atoms with Crippen molar-refractivity contribution in [2.45, 2.75) is 6.92 Å². The van der Waals surface area contributed by atoms with Gasteiger partial charge in [0.25, 0.3) is 5.91 Å². The lowest BCUT2D eigenvalue weighted by Crippen LogP contribution is -2.41. The third-order valence-electron chi connectivity index (χ3n) is 5.99. The highest BCUT2D eigenvalue weighted by Crippen LogP contribution is 2.39. The third-order valence-corrected chi connectivity index (χ3v) is 6.22. The first-order valence-corrected chi connectivity index (χ1v) is 12.2. The van der Waals surface area contributed by atoms with E-state index in [-0.39, 0.29) is 17.0 Å². The molecule has 2 aromatic rings. The van der Waals surface area contributed by atoms with Gasteiger partial charge in [0, 0.05) is 48.5 Å². The van der Waals surface area contributed by atoms with Crippen LogP contribution in [-0.2, 0) is 9.53 Å². The molecule has 36 heavy (non-hydrogen) atoms. The molecule has 3 heterocycles. The molecule has 2 aliphatic heterocycles. The molecule has 190 valence electrons. The Morgan fingerprint density at radius 1 is 1.31 bits per heavy atom. The molecular formula is C26H29ClFN5O3. The van der Waals surface area contributed by atoms with E-state index in [1.807, 2.05) is 13.0 Å². The smallest absolute Gasteiger partial charge is 0.252 e. The van der Waals surface area contributed by atoms with E-state index in [9.17, 15) is 9.18 Å². The van der Waals surface area contributed by atoms with E-state index in [4.69, 9.17) is 26.5 Å². The molecule has 0 atom stereocenters. The largest absolute Gasteiger partial charge is 0.487 e. The van der Waals surface area contributed by atoms with Crippen molar-refractivity contribution in [3.63, 3.8) is 0 Å². The molecule has 0 saturated carbocycles. The first kappa shape index (κ1) is 25.8. The van der Waals surface area contributed by atoms with E-state index in [0.29, 0.717) is 72.9 Å². The number of hydrogen-bond donors (Lipinski definition) is 3. The highest BCUT2D eigenvalue weighted by atomic mass is 35.5. The van der Waals surface area contributed by atoms with Crippen molar-refractivity contribution >= 4 is 35.1 Å². The van der Waals surface area contributed by atoms with E-state index in [1.165, 1.54) is 18.2 Å². The van der Waals surface area contributed by atoms with Gasteiger partial charge in [0.2, 0.25) is 0 Å². The topological polar surface area (TPSA) is 99.6 Å². The number of hydrogen-bond acceptors (Lipinski definition) is 7. The molecule has 0 unspecified atom stereocenters. The summed E-state index contributed by atoms with van der Waals surface area (Å²) in [6.45, 7) is 7.05. The van der Waals surface area contributed by atoms with Gasteiger partial charge in [-0.25, -0.2) is 9.37 Å². The van der Waals surface area contributed by atoms with Crippen LogP contribution in [0.3, 0.4) is 0 Å². The highest BCUT2D eigenvalue weighted by Gasteiger charge is 2.22. The number of nitrogens with zero attached hydrogens (tertiary/aromatic N) is 2. The van der Waals surface area contributed by atoms with Crippen LogP contribution in [0.2, 0.25) is 5.02 Å². The molecule has 10 heteroatoms. The van der Waals surface area contributed by atoms with Gasteiger partial charge in [0.15, 0.2) is 11.6 Å². The van der Waals surface area contributed by atoms with Gasteiger partial charge >= 0.3 is 0 Å². The number of benzene rings is 1. The predicted octanol–water partition coefficient (Wildman–Crippen LogP) is 3.77. The number of amides is 1. The second kappa shape index (κ2) is 12.1. The van der Waals surface area contributed by atoms with Gasteiger partial charge < -0.3 is 25.5 Å². The summed E-state index contributed by atoms with van der Waals surface area (Å²) in [6, 6.07) is 6.02. The number of carbonyl (C=O) groups excluding carboxylic acids is 1. The number of morpholine rings is 1. The molecule has 0 aliphatic carbocycles. The minimum absolute atomic E-state index is 0.190. The van der Waals surface area contributed by atoms with Gasteiger partial charge in [-0.2, -0.15) is 0 Å². The van der Waals surface area contributed by atoms with Crippen LogP contribution in [0.1, 0.15) is 12.5 Å². The number of halogens is 2. The number of rotatable bonds is 8. The van der Waals surface area contributed by atoms with Crippen molar-refractivity contribution < 1.29 is 18.7 Å². The SMILES string of the molecule is C/C=C(\C=C(/C=N)C(=O)NCCN1CCOCC1)c1cc(-c2cc(Cl)ccc2F)nc2c1OCCN2. The molecule has 1 aromatic heterocycles. The maximum atomic E-state index is 14.7. The van der Waals surface area contributed by atoms with Crippen LogP contribution in [-0.4, -0.2) is 74.6 Å². The number of nitrogens with one attached hydrogen (secondary N) is 3. The van der Waals surface area contributed by atoms with Crippen LogP contribution in [0.15, 0.2) is 42.0 Å². The molecule has 1 saturated heterocycles. The molecule has 8 nitrogen and oxygen atoms in total. The van der Waals surface area contributed by atoms with Crippen LogP contribution >= 0.6 is 11.6 Å². The number of fused-ring (bicyclic) bond motifs is 1. The summed E-state index contributed by atoms with van der Waals surface area (Å²) in [7, 11) is 0. The Labute approximate surface area is 214 Å². The fourth-order valence-electron chi connectivity index (χ4n) is 4.08. The van der Waals surface area contributed by atoms with Gasteiger partial charge in [-0.15, -0.1) is 0 Å². The van der Waals surface area contributed by atoms with Crippen molar-refractivity contribution in [2.24, 2.45) is 0 Å². The van der Waals surface area contributed by atoms with Crippen molar-refractivity contribution in [1.82, 2.24) is 15.2 Å². The van der Waals surface area contributed by atoms with Crippen molar-refractivity contribution in [2.75, 3.05) is 57.9 Å². The Balaban J connectivity index is 1.62.